The molecule has 23 heteroatoms. The van der Waals surface area contributed by atoms with E-state index in [0.29, 0.717) is 24.2 Å². The van der Waals surface area contributed by atoms with Crippen LogP contribution < -0.4 is 31.1 Å². The number of benzene rings is 2. The SMILES string of the molecule is Cc1ncsc1-c1ccc(CNC(=O)[C@@H]2C[C@@H](O)CN2C(=O)[C@@H](NC(=O)CCCCOc2ccc(Nc3[nH]nc(-c4ccc(NS(=O)(=O)CC(F)(F)F)cc4)c3C(N)=O)nc2)C(C)(C)C)cc1. The van der Waals surface area contributed by atoms with E-state index in [4.69, 9.17) is 10.5 Å². The first-order valence-electron chi connectivity index (χ1n) is 21.0. The van der Waals surface area contributed by atoms with Gasteiger partial charge in [-0.1, -0.05) is 57.2 Å². The molecule has 4 heterocycles. The molecule has 0 unspecified atom stereocenters. The Labute approximate surface area is 388 Å². The summed E-state index contributed by atoms with van der Waals surface area (Å²) in [6, 6.07) is 14.2. The first-order valence-corrected chi connectivity index (χ1v) is 23.6. The molecule has 358 valence electrons. The number of H-pyrrole nitrogens is 1. The number of aryl methyl sites for hydroxylation is 1. The molecule has 1 aliphatic heterocycles. The van der Waals surface area contributed by atoms with Crippen LogP contribution in [0.5, 0.6) is 5.75 Å². The highest BCUT2D eigenvalue weighted by molar-refractivity contribution is 7.92. The number of sulfonamides is 1. The van der Waals surface area contributed by atoms with Crippen molar-refractivity contribution in [2.75, 3.05) is 28.9 Å². The second-order valence-corrected chi connectivity index (χ2v) is 19.6. The third-order valence-corrected chi connectivity index (χ3v) is 12.8. The van der Waals surface area contributed by atoms with Crippen LogP contribution in [-0.4, -0.2) is 105 Å². The van der Waals surface area contributed by atoms with Crippen LogP contribution in [0.1, 0.15) is 68.1 Å². The molecule has 0 bridgehead atoms. The van der Waals surface area contributed by atoms with Gasteiger partial charge in [0.25, 0.3) is 5.91 Å². The van der Waals surface area contributed by atoms with E-state index in [2.05, 4.69) is 36.1 Å². The molecule has 1 fully saturated rings. The van der Waals surface area contributed by atoms with Crippen LogP contribution in [0.4, 0.5) is 30.5 Å². The van der Waals surface area contributed by atoms with E-state index in [-0.39, 0.29) is 67.0 Å². The smallest absolute Gasteiger partial charge is 0.404 e. The first-order chi connectivity index (χ1) is 31.6. The van der Waals surface area contributed by atoms with Crippen molar-refractivity contribution in [1.82, 2.24) is 35.7 Å². The highest BCUT2D eigenvalue weighted by Gasteiger charge is 2.44. The number of unbranched alkanes of at least 4 members (excludes halogenated alkanes) is 1. The van der Waals surface area contributed by atoms with Gasteiger partial charge in [0.2, 0.25) is 27.7 Å². The molecule has 0 aliphatic carbocycles. The van der Waals surface area contributed by atoms with Crippen LogP contribution in [0.3, 0.4) is 0 Å². The maximum Gasteiger partial charge on any atom is 0.404 e. The van der Waals surface area contributed by atoms with Gasteiger partial charge in [0.05, 0.1) is 35.0 Å². The van der Waals surface area contributed by atoms with Gasteiger partial charge in [0, 0.05) is 37.2 Å². The summed E-state index contributed by atoms with van der Waals surface area (Å²) >= 11 is 1.55. The molecular formula is C44H51F3N10O8S2. The van der Waals surface area contributed by atoms with Gasteiger partial charge in [-0.2, -0.15) is 18.3 Å². The monoisotopic (exact) mass is 968 g/mol. The fourth-order valence-electron chi connectivity index (χ4n) is 7.27. The summed E-state index contributed by atoms with van der Waals surface area (Å²) in [5.41, 5.74) is 9.76. The third-order valence-electron chi connectivity index (χ3n) is 10.6. The van der Waals surface area contributed by atoms with E-state index in [9.17, 15) is 45.9 Å². The van der Waals surface area contributed by atoms with Crippen molar-refractivity contribution >= 4 is 62.3 Å². The van der Waals surface area contributed by atoms with Gasteiger partial charge in [0.1, 0.15) is 40.7 Å². The normalized spacial score (nSPS) is 15.7. The number of anilines is 3. The number of ether oxygens (including phenoxy) is 1. The predicted molar refractivity (Wildman–Crippen MR) is 245 cm³/mol. The second kappa shape index (κ2) is 20.9. The van der Waals surface area contributed by atoms with E-state index in [1.165, 1.54) is 35.4 Å². The molecule has 6 rings (SSSR count). The Hall–Kier alpha value is -6.59. The average molecular weight is 969 g/mol. The summed E-state index contributed by atoms with van der Waals surface area (Å²) < 4.78 is 69.2. The van der Waals surface area contributed by atoms with Crippen LogP contribution in [0.25, 0.3) is 21.7 Å². The number of pyridine rings is 1. The van der Waals surface area contributed by atoms with Crippen LogP contribution in [0.15, 0.2) is 72.4 Å². The zero-order valence-corrected chi connectivity index (χ0v) is 38.6. The minimum atomic E-state index is -4.93. The lowest BCUT2D eigenvalue weighted by Gasteiger charge is -2.35. The standard InChI is InChI=1S/C44H51F3N10O8S2/c1-25-37(66-24-51-25)28-10-8-26(9-11-28)20-50-41(61)32-19-30(58)22-57(32)42(62)38(43(2,3)4)53-34(59)7-5-6-18-65-31-16-17-33(49-21-31)52-40-35(39(48)60)36(54-55-40)27-12-14-29(15-13-27)56-67(63,64)23-44(45,46)47/h8-17,21,24,30,32,38,56,58H,5-7,18-20,22-23H2,1-4H3,(H2,48,60)(H,50,61)(H,53,59)(H2,49,52,54,55)/t30-,32+,38-/m1/s1. The number of halogens is 3. The molecule has 1 saturated heterocycles. The number of carbonyl (C=O) groups excluding carboxylic acids is 4. The quantitative estimate of drug-likeness (QED) is 0.0513. The van der Waals surface area contributed by atoms with Crippen LogP contribution in [0, 0.1) is 12.3 Å². The number of aliphatic hydroxyl groups excluding tert-OH is 1. The number of carbonyl (C=O) groups is 4. The number of nitrogens with two attached hydrogens (primary N) is 1. The lowest BCUT2D eigenvalue weighted by molar-refractivity contribution is -0.144. The van der Waals surface area contributed by atoms with Crippen molar-refractivity contribution in [1.29, 1.82) is 0 Å². The zero-order chi connectivity index (χ0) is 48.7. The van der Waals surface area contributed by atoms with Crippen LogP contribution >= 0.6 is 11.3 Å². The van der Waals surface area contributed by atoms with Crippen molar-refractivity contribution in [2.45, 2.75) is 84.3 Å². The second-order valence-electron chi connectivity index (χ2n) is 17.0. The molecule has 0 radical (unpaired) electrons. The number of aromatic amines is 1. The van der Waals surface area contributed by atoms with Crippen molar-refractivity contribution in [3.63, 3.8) is 0 Å². The van der Waals surface area contributed by atoms with E-state index in [0.717, 1.165) is 21.7 Å². The molecular weight excluding hydrogens is 918 g/mol. The van der Waals surface area contributed by atoms with Crippen LogP contribution in [-0.2, 0) is 31.0 Å². The minimum absolute atomic E-state index is 0.0427. The van der Waals surface area contributed by atoms with Crippen LogP contribution in [0.2, 0.25) is 0 Å². The first kappa shape index (κ1) is 49.8. The third kappa shape index (κ3) is 13.5. The lowest BCUT2D eigenvalue weighted by Crippen LogP contribution is -2.57. The Morgan fingerprint density at radius 3 is 2.31 bits per heavy atom. The number of primary amides is 1. The number of nitrogens with one attached hydrogen (secondary N) is 5. The number of thiazole rings is 1. The topological polar surface area (TPSA) is 264 Å². The Balaban J connectivity index is 0.957. The summed E-state index contributed by atoms with van der Waals surface area (Å²) in [5, 5.41) is 26.0. The molecule has 2 aromatic carbocycles. The predicted octanol–water partition coefficient (Wildman–Crippen LogP) is 5.41. The summed E-state index contributed by atoms with van der Waals surface area (Å²) in [5.74, 6) is -3.36. The summed E-state index contributed by atoms with van der Waals surface area (Å²) in [7, 11) is -4.70. The van der Waals surface area contributed by atoms with E-state index in [1.807, 2.05) is 56.7 Å². The Morgan fingerprint density at radius 2 is 1.70 bits per heavy atom. The maximum atomic E-state index is 14.0. The number of aliphatic hydroxyl groups is 1. The molecule has 4 amide bonds. The number of alkyl halides is 3. The summed E-state index contributed by atoms with van der Waals surface area (Å²) in [4.78, 5) is 64.1. The van der Waals surface area contributed by atoms with E-state index >= 15 is 0 Å². The number of rotatable bonds is 19. The zero-order valence-electron chi connectivity index (χ0n) is 36.9. The van der Waals surface area contributed by atoms with Gasteiger partial charge in [-0.25, -0.2) is 18.4 Å². The van der Waals surface area contributed by atoms with Gasteiger partial charge in [-0.15, -0.1) is 11.3 Å². The van der Waals surface area contributed by atoms with E-state index in [1.54, 1.807) is 29.0 Å². The summed E-state index contributed by atoms with van der Waals surface area (Å²) in [6.45, 7) is 7.82. The van der Waals surface area contributed by atoms with Crippen molar-refractivity contribution in [3.8, 4) is 27.4 Å². The Kier molecular flexibility index (Phi) is 15.6. The number of amides is 4. The number of β-amino-alcohol motifs (C(OH)–C–C–N with tert-alkyl or cyclic N) is 1. The molecule has 0 saturated carbocycles. The van der Waals surface area contributed by atoms with E-state index < -0.39 is 63.3 Å². The molecule has 5 aromatic rings. The highest BCUT2D eigenvalue weighted by Crippen LogP contribution is 2.31. The molecule has 8 N–H and O–H groups in total. The van der Waals surface area contributed by atoms with Crippen molar-refractivity contribution < 1.29 is 50.6 Å². The van der Waals surface area contributed by atoms with Gasteiger partial charge in [-0.3, -0.25) is 29.0 Å². The largest absolute Gasteiger partial charge is 0.492 e. The molecule has 1 aliphatic rings. The molecule has 67 heavy (non-hydrogen) atoms. The average Bonchev–Trinajstić information content (AvgIpc) is 3.99. The molecule has 3 aromatic heterocycles. The van der Waals surface area contributed by atoms with Gasteiger partial charge < -0.3 is 36.4 Å². The van der Waals surface area contributed by atoms with Gasteiger partial charge >= 0.3 is 6.18 Å². The molecule has 3 atom stereocenters. The number of hydrogen-bond acceptors (Lipinski definition) is 13. The Morgan fingerprint density at radius 1 is 1.00 bits per heavy atom. The maximum absolute atomic E-state index is 14.0. The number of aromatic nitrogens is 4. The highest BCUT2D eigenvalue weighted by atomic mass is 32.2. The molecule has 18 nitrogen and oxygen atoms in total. The van der Waals surface area contributed by atoms with Crippen molar-refractivity contribution in [2.24, 2.45) is 11.1 Å². The number of hydrogen-bond donors (Lipinski definition) is 7. The number of likely N-dealkylation sites (tertiary alicyclic amines) is 1. The lowest BCUT2D eigenvalue weighted by atomic mass is 9.85. The summed E-state index contributed by atoms with van der Waals surface area (Å²) in [6.07, 6.45) is -3.32. The van der Waals surface area contributed by atoms with Gasteiger partial charge in [-0.05, 0) is 60.6 Å². The number of nitrogens with zero attached hydrogens (tertiary/aromatic N) is 4. The Bertz CT molecular complexity index is 2650. The van der Waals surface area contributed by atoms with Crippen molar-refractivity contribution in [3.05, 3.63) is 89.2 Å². The fourth-order valence-corrected chi connectivity index (χ4v) is 9.08. The minimum Gasteiger partial charge on any atom is -0.492 e. The van der Waals surface area contributed by atoms with Gasteiger partial charge in [0.15, 0.2) is 5.75 Å². The molecule has 0 spiro atoms. The fraction of sp³-hybridized carbons (Fsp3) is 0.386.